The number of alkyl halides is 2. The Balaban J connectivity index is 1.55. The number of nitrogens with zero attached hydrogens (tertiary/aromatic N) is 1. The molecule has 2 aliphatic rings. The average Bonchev–Trinajstić information content (AvgIpc) is 3.19. The number of carboxylic acid groups (broad SMARTS) is 1. The van der Waals surface area contributed by atoms with Gasteiger partial charge in [-0.05, 0) is 68.0 Å². The van der Waals surface area contributed by atoms with E-state index >= 15 is 0 Å². The number of aliphatic hydroxyl groups is 1. The Morgan fingerprint density at radius 1 is 1.35 bits per heavy atom. The van der Waals surface area contributed by atoms with Gasteiger partial charge in [-0.3, -0.25) is 9.69 Å². The molecule has 1 aliphatic carbocycles. The number of aliphatic hydroxyl groups excluding tert-OH is 1. The summed E-state index contributed by atoms with van der Waals surface area (Å²) in [7, 11) is 0. The lowest BCUT2D eigenvalue weighted by atomic mass is 9.97. The van der Waals surface area contributed by atoms with Crippen molar-refractivity contribution in [3.63, 3.8) is 0 Å². The molecule has 1 heterocycles. The SMILES string of the molecule is CC(OCC(O)CN1CCC[C@H]1CC1=CC(F)C(Cl)C=C1)c1cc(F)cc(F)c1CCC(=O)O. The quantitative estimate of drug-likeness (QED) is 0.429. The standard InChI is InChI=1S/C25H31ClF3NO4/c1-15(21-11-17(27)12-23(28)20(21)5-7-25(32)33)34-14-19(31)13-30-8-2-3-18(30)9-16-4-6-22(26)24(29)10-16/h4,6,10-12,15,18-19,22,24,31H,2-3,5,7-9,13-14H2,1H3,(H,32,33)/t15?,18-,19?,22?,24?/m0/s1. The lowest BCUT2D eigenvalue weighted by Gasteiger charge is -2.28. The zero-order valence-electron chi connectivity index (χ0n) is 19.1. The molecule has 34 heavy (non-hydrogen) atoms. The van der Waals surface area contributed by atoms with Gasteiger partial charge in [-0.15, -0.1) is 11.6 Å². The van der Waals surface area contributed by atoms with Crippen LogP contribution in [0, 0.1) is 11.6 Å². The first-order valence-electron chi connectivity index (χ1n) is 11.5. The van der Waals surface area contributed by atoms with Gasteiger partial charge >= 0.3 is 5.97 Å². The van der Waals surface area contributed by atoms with E-state index < -0.39 is 41.4 Å². The van der Waals surface area contributed by atoms with Crippen LogP contribution < -0.4 is 0 Å². The smallest absolute Gasteiger partial charge is 0.303 e. The highest BCUT2D eigenvalue weighted by Gasteiger charge is 2.28. The largest absolute Gasteiger partial charge is 0.481 e. The van der Waals surface area contributed by atoms with Gasteiger partial charge in [-0.1, -0.05) is 12.2 Å². The molecule has 1 saturated heterocycles. The maximum Gasteiger partial charge on any atom is 0.303 e. The van der Waals surface area contributed by atoms with E-state index in [-0.39, 0.29) is 36.6 Å². The van der Waals surface area contributed by atoms with Crippen LogP contribution in [0.3, 0.4) is 0 Å². The number of β-amino-alcohol motifs (C(OH)–C–C–N with tert-alkyl or cyclic N) is 1. The predicted molar refractivity (Wildman–Crippen MR) is 124 cm³/mol. The normalized spacial score (nSPS) is 24.8. The van der Waals surface area contributed by atoms with Crippen molar-refractivity contribution in [3.8, 4) is 0 Å². The van der Waals surface area contributed by atoms with Crippen molar-refractivity contribution < 1.29 is 32.9 Å². The first-order valence-corrected chi connectivity index (χ1v) is 12.0. The Bertz CT molecular complexity index is 926. The van der Waals surface area contributed by atoms with Crippen molar-refractivity contribution in [1.82, 2.24) is 4.90 Å². The second-order valence-corrected chi connectivity index (χ2v) is 9.47. The van der Waals surface area contributed by atoms with Crippen LogP contribution >= 0.6 is 11.6 Å². The Morgan fingerprint density at radius 3 is 2.82 bits per heavy atom. The minimum absolute atomic E-state index is 0.0516. The number of halogens is 4. The van der Waals surface area contributed by atoms with E-state index in [1.54, 1.807) is 19.1 Å². The summed E-state index contributed by atoms with van der Waals surface area (Å²) in [4.78, 5) is 13.0. The molecule has 9 heteroatoms. The maximum atomic E-state index is 14.3. The highest BCUT2D eigenvalue weighted by molar-refractivity contribution is 6.22. The first kappa shape index (κ1) is 26.7. The molecule has 1 fully saturated rings. The molecule has 3 rings (SSSR count). The van der Waals surface area contributed by atoms with Crippen LogP contribution in [0.5, 0.6) is 0 Å². The van der Waals surface area contributed by atoms with Crippen LogP contribution in [-0.2, 0) is 16.0 Å². The van der Waals surface area contributed by atoms with Crippen LogP contribution in [0.2, 0.25) is 0 Å². The van der Waals surface area contributed by atoms with E-state index in [1.807, 2.05) is 6.08 Å². The van der Waals surface area contributed by atoms with Crippen molar-refractivity contribution in [3.05, 3.63) is 58.7 Å². The number of carboxylic acids is 1. The van der Waals surface area contributed by atoms with E-state index in [4.69, 9.17) is 21.4 Å². The van der Waals surface area contributed by atoms with Gasteiger partial charge < -0.3 is 14.9 Å². The summed E-state index contributed by atoms with van der Waals surface area (Å²) >= 11 is 5.88. The number of hydrogen-bond donors (Lipinski definition) is 2. The lowest BCUT2D eigenvalue weighted by molar-refractivity contribution is -0.136. The molecular weight excluding hydrogens is 471 g/mol. The second-order valence-electron chi connectivity index (χ2n) is 8.96. The van der Waals surface area contributed by atoms with Crippen LogP contribution in [-0.4, -0.2) is 64.5 Å². The van der Waals surface area contributed by atoms with Crippen molar-refractivity contribution in [2.45, 2.75) is 68.8 Å². The maximum absolute atomic E-state index is 14.3. The monoisotopic (exact) mass is 501 g/mol. The molecular formula is C25H31ClF3NO4. The topological polar surface area (TPSA) is 70.0 Å². The molecule has 0 aromatic heterocycles. The van der Waals surface area contributed by atoms with Gasteiger partial charge in [0.1, 0.15) is 17.8 Å². The van der Waals surface area contributed by atoms with Gasteiger partial charge in [-0.2, -0.15) is 0 Å². The summed E-state index contributed by atoms with van der Waals surface area (Å²) in [5.74, 6) is -2.67. The third-order valence-corrected chi connectivity index (χ3v) is 6.73. The molecule has 5 atom stereocenters. The number of rotatable bonds is 11. The van der Waals surface area contributed by atoms with Gasteiger partial charge in [-0.25, -0.2) is 13.2 Å². The number of likely N-dealkylation sites (tertiary alicyclic amines) is 1. The predicted octanol–water partition coefficient (Wildman–Crippen LogP) is 4.72. The van der Waals surface area contributed by atoms with Gasteiger partial charge in [0.2, 0.25) is 0 Å². The van der Waals surface area contributed by atoms with Crippen molar-refractivity contribution in [2.75, 3.05) is 19.7 Å². The Morgan fingerprint density at radius 2 is 2.12 bits per heavy atom. The van der Waals surface area contributed by atoms with Crippen LogP contribution in [0.15, 0.2) is 35.9 Å². The summed E-state index contributed by atoms with van der Waals surface area (Å²) in [6.07, 6.45) is 4.49. The molecule has 4 unspecified atom stereocenters. The van der Waals surface area contributed by atoms with E-state index in [9.17, 15) is 23.1 Å². The Labute approximate surface area is 202 Å². The zero-order chi connectivity index (χ0) is 24.8. The fourth-order valence-corrected chi connectivity index (χ4v) is 4.74. The molecule has 1 aromatic carbocycles. The fraction of sp³-hybridized carbons (Fsp3) is 0.560. The van der Waals surface area contributed by atoms with Gasteiger partial charge in [0.05, 0.1) is 24.2 Å². The first-order chi connectivity index (χ1) is 16.1. The fourth-order valence-electron chi connectivity index (χ4n) is 4.60. The lowest BCUT2D eigenvalue weighted by Crippen LogP contribution is -2.38. The highest BCUT2D eigenvalue weighted by Crippen LogP contribution is 2.29. The summed E-state index contributed by atoms with van der Waals surface area (Å²) in [6, 6.07) is 2.04. The summed E-state index contributed by atoms with van der Waals surface area (Å²) in [5, 5.41) is 18.8. The van der Waals surface area contributed by atoms with Gasteiger partial charge in [0, 0.05) is 25.1 Å². The van der Waals surface area contributed by atoms with Crippen LogP contribution in [0.4, 0.5) is 13.2 Å². The molecule has 5 nitrogen and oxygen atoms in total. The molecule has 2 N–H and O–H groups in total. The number of hydrogen-bond acceptors (Lipinski definition) is 4. The van der Waals surface area contributed by atoms with Crippen molar-refractivity contribution in [1.29, 1.82) is 0 Å². The van der Waals surface area contributed by atoms with Crippen LogP contribution in [0.1, 0.15) is 49.8 Å². The molecule has 0 spiro atoms. The van der Waals surface area contributed by atoms with Crippen molar-refractivity contribution >= 4 is 17.6 Å². The molecule has 1 aromatic rings. The molecule has 1 aliphatic heterocycles. The molecule has 0 amide bonds. The van der Waals surface area contributed by atoms with Crippen LogP contribution in [0.25, 0.3) is 0 Å². The van der Waals surface area contributed by atoms with E-state index in [0.717, 1.165) is 37.1 Å². The molecule has 188 valence electrons. The number of ether oxygens (including phenoxy) is 1. The molecule has 0 bridgehead atoms. The number of aliphatic carboxylic acids is 1. The number of carbonyl (C=O) groups is 1. The van der Waals surface area contributed by atoms with E-state index in [1.165, 1.54) is 0 Å². The summed E-state index contributed by atoms with van der Waals surface area (Å²) in [5.41, 5.74) is 1.23. The highest BCUT2D eigenvalue weighted by atomic mass is 35.5. The van der Waals surface area contributed by atoms with E-state index in [0.29, 0.717) is 13.0 Å². The van der Waals surface area contributed by atoms with Gasteiger partial charge in [0.25, 0.3) is 0 Å². The number of allylic oxidation sites excluding steroid dienone is 3. The Kier molecular flexibility index (Phi) is 9.59. The zero-order valence-corrected chi connectivity index (χ0v) is 19.9. The second kappa shape index (κ2) is 12.2. The Hall–Kier alpha value is -1.87. The summed E-state index contributed by atoms with van der Waals surface area (Å²) in [6.45, 7) is 2.72. The van der Waals surface area contributed by atoms with E-state index in [2.05, 4.69) is 4.90 Å². The molecule has 0 saturated carbocycles. The molecule has 0 radical (unpaired) electrons. The third kappa shape index (κ3) is 7.31. The number of benzene rings is 1. The third-order valence-electron chi connectivity index (χ3n) is 6.35. The van der Waals surface area contributed by atoms with Crippen molar-refractivity contribution in [2.24, 2.45) is 0 Å². The summed E-state index contributed by atoms with van der Waals surface area (Å²) < 4.78 is 47.7. The minimum Gasteiger partial charge on any atom is -0.481 e. The average molecular weight is 502 g/mol. The van der Waals surface area contributed by atoms with Gasteiger partial charge in [0.15, 0.2) is 0 Å². The minimum atomic E-state index is -1.20.